The highest BCUT2D eigenvalue weighted by Crippen LogP contribution is 2.57. The lowest BCUT2D eigenvalue weighted by atomic mass is 10.0. The van der Waals surface area contributed by atoms with Gasteiger partial charge in [-0.1, -0.05) is 41.9 Å². The van der Waals surface area contributed by atoms with Gasteiger partial charge >= 0.3 is 0 Å². The Balaban J connectivity index is 2.29. The second kappa shape index (κ2) is 2.82. The molecule has 1 saturated carbocycles. The van der Waals surface area contributed by atoms with Crippen LogP contribution in [0.4, 0.5) is 0 Å². The predicted octanol–water partition coefficient (Wildman–Crippen LogP) is 2.90. The lowest BCUT2D eigenvalue weighted by Gasteiger charge is -2.02. The van der Waals surface area contributed by atoms with E-state index in [9.17, 15) is 0 Å². The molecule has 13 heavy (non-hydrogen) atoms. The van der Waals surface area contributed by atoms with Crippen LogP contribution in [0.15, 0.2) is 28.7 Å². The van der Waals surface area contributed by atoms with E-state index in [1.165, 1.54) is 5.56 Å². The average Bonchev–Trinajstić information content (AvgIpc) is 2.51. The van der Waals surface area contributed by atoms with Gasteiger partial charge in [-0.05, 0) is 23.1 Å². The van der Waals surface area contributed by atoms with Crippen LogP contribution in [-0.2, 0) is 0 Å². The van der Waals surface area contributed by atoms with E-state index in [2.05, 4.69) is 48.0 Å². The maximum atomic E-state index is 6.01. The fraction of sp³-hybridized carbons (Fsp3) is 0.455. The minimum Gasteiger partial charge on any atom is -0.327 e. The van der Waals surface area contributed by atoms with Crippen molar-refractivity contribution in [2.45, 2.75) is 25.8 Å². The fourth-order valence-electron chi connectivity index (χ4n) is 2.01. The molecule has 0 heterocycles. The first kappa shape index (κ1) is 9.22. The van der Waals surface area contributed by atoms with E-state index in [1.54, 1.807) is 0 Å². The van der Waals surface area contributed by atoms with Gasteiger partial charge in [-0.3, -0.25) is 0 Å². The Morgan fingerprint density at radius 3 is 2.46 bits per heavy atom. The van der Waals surface area contributed by atoms with Crippen molar-refractivity contribution in [3.63, 3.8) is 0 Å². The van der Waals surface area contributed by atoms with Gasteiger partial charge in [-0.2, -0.15) is 0 Å². The Morgan fingerprint density at radius 1 is 1.38 bits per heavy atom. The van der Waals surface area contributed by atoms with Gasteiger partial charge in [0.15, 0.2) is 0 Å². The Hall–Kier alpha value is -0.340. The molecule has 2 rings (SSSR count). The number of halogens is 1. The van der Waals surface area contributed by atoms with Crippen molar-refractivity contribution in [3.8, 4) is 0 Å². The molecule has 1 aromatic rings. The first-order chi connectivity index (χ1) is 6.03. The van der Waals surface area contributed by atoms with Crippen LogP contribution in [0.25, 0.3) is 0 Å². The highest BCUT2D eigenvalue weighted by atomic mass is 79.9. The average molecular weight is 240 g/mol. The molecule has 2 unspecified atom stereocenters. The molecule has 0 spiro atoms. The molecule has 2 heteroatoms. The molecular weight excluding hydrogens is 226 g/mol. The number of benzene rings is 1. The highest BCUT2D eigenvalue weighted by molar-refractivity contribution is 9.10. The van der Waals surface area contributed by atoms with E-state index in [-0.39, 0.29) is 5.41 Å². The zero-order chi connectivity index (χ0) is 9.64. The van der Waals surface area contributed by atoms with Crippen molar-refractivity contribution < 1.29 is 0 Å². The van der Waals surface area contributed by atoms with Gasteiger partial charge in [-0.15, -0.1) is 0 Å². The molecule has 0 aromatic heterocycles. The van der Waals surface area contributed by atoms with E-state index in [1.807, 2.05) is 6.07 Å². The Kier molecular flexibility index (Phi) is 2.00. The molecule has 70 valence electrons. The molecule has 1 fully saturated rings. The fourth-order valence-corrected chi connectivity index (χ4v) is 2.43. The summed E-state index contributed by atoms with van der Waals surface area (Å²) < 4.78 is 1.14. The SMILES string of the molecule is CC1(C)C(N)C1c1cccc(Br)c1. The Morgan fingerprint density at radius 2 is 2.00 bits per heavy atom. The maximum Gasteiger partial charge on any atom is 0.0178 e. The summed E-state index contributed by atoms with van der Waals surface area (Å²) in [6.07, 6.45) is 0. The van der Waals surface area contributed by atoms with Crippen LogP contribution in [0.2, 0.25) is 0 Å². The molecule has 0 saturated heterocycles. The molecule has 2 atom stereocenters. The van der Waals surface area contributed by atoms with E-state index < -0.39 is 0 Å². The van der Waals surface area contributed by atoms with Gasteiger partial charge in [0.25, 0.3) is 0 Å². The summed E-state index contributed by atoms with van der Waals surface area (Å²) in [5, 5.41) is 0. The zero-order valence-corrected chi connectivity index (χ0v) is 9.51. The number of hydrogen-bond acceptors (Lipinski definition) is 1. The van der Waals surface area contributed by atoms with Crippen LogP contribution in [-0.4, -0.2) is 6.04 Å². The van der Waals surface area contributed by atoms with Crippen LogP contribution >= 0.6 is 15.9 Å². The molecule has 0 aliphatic heterocycles. The third-order valence-electron chi connectivity index (χ3n) is 3.12. The number of nitrogens with two attached hydrogens (primary N) is 1. The van der Waals surface area contributed by atoms with Crippen molar-refractivity contribution >= 4 is 15.9 Å². The molecule has 1 nitrogen and oxygen atoms in total. The van der Waals surface area contributed by atoms with Crippen LogP contribution < -0.4 is 5.73 Å². The monoisotopic (exact) mass is 239 g/mol. The lowest BCUT2D eigenvalue weighted by molar-refractivity contribution is 0.599. The molecule has 1 aromatic carbocycles. The van der Waals surface area contributed by atoms with Gasteiger partial charge < -0.3 is 5.73 Å². The largest absolute Gasteiger partial charge is 0.327 e. The molecule has 0 radical (unpaired) electrons. The zero-order valence-electron chi connectivity index (χ0n) is 7.92. The third kappa shape index (κ3) is 1.42. The first-order valence-corrected chi connectivity index (χ1v) is 5.34. The van der Waals surface area contributed by atoms with Crippen LogP contribution in [0.1, 0.15) is 25.3 Å². The van der Waals surface area contributed by atoms with Crippen molar-refractivity contribution in [2.24, 2.45) is 11.1 Å². The summed E-state index contributed by atoms with van der Waals surface area (Å²) in [7, 11) is 0. The predicted molar refractivity (Wildman–Crippen MR) is 58.6 cm³/mol. The number of hydrogen-bond donors (Lipinski definition) is 1. The first-order valence-electron chi connectivity index (χ1n) is 4.54. The number of rotatable bonds is 1. The van der Waals surface area contributed by atoms with Crippen LogP contribution in [0.5, 0.6) is 0 Å². The van der Waals surface area contributed by atoms with Gasteiger partial charge in [-0.25, -0.2) is 0 Å². The second-order valence-corrected chi connectivity index (χ2v) is 5.30. The van der Waals surface area contributed by atoms with Gasteiger partial charge in [0.05, 0.1) is 0 Å². The molecule has 0 amide bonds. The molecule has 1 aliphatic carbocycles. The van der Waals surface area contributed by atoms with Crippen molar-refractivity contribution in [3.05, 3.63) is 34.3 Å². The van der Waals surface area contributed by atoms with E-state index in [4.69, 9.17) is 5.73 Å². The highest BCUT2D eigenvalue weighted by Gasteiger charge is 2.55. The molecular formula is C11H14BrN. The quantitative estimate of drug-likeness (QED) is 0.802. The summed E-state index contributed by atoms with van der Waals surface area (Å²) in [5.74, 6) is 0.532. The van der Waals surface area contributed by atoms with Crippen LogP contribution in [0, 0.1) is 5.41 Å². The molecule has 2 N–H and O–H groups in total. The minimum absolute atomic E-state index is 0.279. The summed E-state index contributed by atoms with van der Waals surface area (Å²) in [5.41, 5.74) is 7.64. The van der Waals surface area contributed by atoms with E-state index >= 15 is 0 Å². The van der Waals surface area contributed by atoms with Gasteiger partial charge in [0.1, 0.15) is 0 Å². The third-order valence-corrected chi connectivity index (χ3v) is 3.61. The summed E-state index contributed by atoms with van der Waals surface area (Å²) in [6, 6.07) is 8.76. The molecule has 0 bridgehead atoms. The summed E-state index contributed by atoms with van der Waals surface area (Å²) >= 11 is 3.47. The Labute approximate surface area is 87.5 Å². The maximum absolute atomic E-state index is 6.01. The summed E-state index contributed by atoms with van der Waals surface area (Å²) in [6.45, 7) is 4.45. The van der Waals surface area contributed by atoms with Crippen molar-refractivity contribution in [1.82, 2.24) is 0 Å². The lowest BCUT2D eigenvalue weighted by Crippen LogP contribution is -2.06. The van der Waals surface area contributed by atoms with Crippen LogP contribution in [0.3, 0.4) is 0 Å². The summed E-state index contributed by atoms with van der Waals surface area (Å²) in [4.78, 5) is 0. The van der Waals surface area contributed by atoms with Gasteiger partial charge in [0, 0.05) is 16.4 Å². The van der Waals surface area contributed by atoms with Crippen molar-refractivity contribution in [1.29, 1.82) is 0 Å². The topological polar surface area (TPSA) is 26.0 Å². The van der Waals surface area contributed by atoms with Gasteiger partial charge in [0.2, 0.25) is 0 Å². The second-order valence-electron chi connectivity index (χ2n) is 4.38. The normalized spacial score (nSPS) is 30.2. The standard InChI is InChI=1S/C11H14BrN/c1-11(2)9(10(11)13)7-4-3-5-8(12)6-7/h3-6,9-10H,13H2,1-2H3. The van der Waals surface area contributed by atoms with E-state index in [0.29, 0.717) is 12.0 Å². The smallest absolute Gasteiger partial charge is 0.0178 e. The van der Waals surface area contributed by atoms with E-state index in [0.717, 1.165) is 4.47 Å². The minimum atomic E-state index is 0.279. The van der Waals surface area contributed by atoms with Crippen molar-refractivity contribution in [2.75, 3.05) is 0 Å². The molecule has 1 aliphatic rings. The Bertz CT molecular complexity index is 333.